The third-order valence-electron chi connectivity index (χ3n) is 2.53. The van der Waals surface area contributed by atoms with Crippen molar-refractivity contribution in [3.8, 4) is 0 Å². The summed E-state index contributed by atoms with van der Waals surface area (Å²) < 4.78 is 4.79. The monoisotopic (exact) mass is 251 g/mol. The molecule has 18 heavy (non-hydrogen) atoms. The first kappa shape index (κ1) is 14.7. The number of carbonyl (C=O) groups excluding carboxylic acids is 1. The van der Waals surface area contributed by atoms with Crippen LogP contribution in [0, 0.1) is 0 Å². The highest BCUT2D eigenvalue weighted by Crippen LogP contribution is 2.04. The molecule has 1 aromatic carbocycles. The van der Waals surface area contributed by atoms with E-state index in [1.54, 1.807) is 6.92 Å². The Morgan fingerprint density at radius 2 is 2.06 bits per heavy atom. The smallest absolute Gasteiger partial charge is 0.308 e. The number of likely N-dealkylation sites (N-methyl/N-ethyl adjacent to an activating group) is 1. The van der Waals surface area contributed by atoms with Crippen molar-refractivity contribution in [2.75, 3.05) is 20.2 Å². The fourth-order valence-electron chi connectivity index (χ4n) is 1.80. The minimum Gasteiger partial charge on any atom is -0.466 e. The molecule has 0 amide bonds. The van der Waals surface area contributed by atoms with Crippen LogP contribution >= 0.6 is 0 Å². The quantitative estimate of drug-likeness (QED) is 0.745. The lowest BCUT2D eigenvalue weighted by Crippen LogP contribution is -2.30. The summed E-state index contributed by atoms with van der Waals surface area (Å²) >= 11 is 0. The van der Waals surface area contributed by atoms with E-state index in [9.17, 15) is 9.90 Å². The fourth-order valence-corrected chi connectivity index (χ4v) is 1.80. The molecule has 4 heteroatoms. The van der Waals surface area contributed by atoms with Gasteiger partial charge in [0.2, 0.25) is 0 Å². The van der Waals surface area contributed by atoms with Gasteiger partial charge < -0.3 is 9.84 Å². The Hall–Kier alpha value is -1.39. The van der Waals surface area contributed by atoms with Crippen LogP contribution in [0.1, 0.15) is 18.9 Å². The predicted molar refractivity (Wildman–Crippen MR) is 70.0 cm³/mol. The number of rotatable bonds is 7. The van der Waals surface area contributed by atoms with E-state index in [2.05, 4.69) is 0 Å². The van der Waals surface area contributed by atoms with Gasteiger partial charge in [0.1, 0.15) is 0 Å². The molecule has 1 rings (SSSR count). The Morgan fingerprint density at radius 3 is 2.67 bits per heavy atom. The number of aliphatic hydroxyl groups is 1. The average Bonchev–Trinajstić information content (AvgIpc) is 2.29. The summed E-state index contributed by atoms with van der Waals surface area (Å²) in [5.41, 5.74) is 1.18. The van der Waals surface area contributed by atoms with Gasteiger partial charge in [0.25, 0.3) is 0 Å². The van der Waals surface area contributed by atoms with Crippen molar-refractivity contribution in [3.05, 3.63) is 35.9 Å². The van der Waals surface area contributed by atoms with Crippen LogP contribution in [-0.2, 0) is 16.1 Å². The largest absolute Gasteiger partial charge is 0.466 e. The van der Waals surface area contributed by atoms with Crippen LogP contribution in [0.4, 0.5) is 0 Å². The van der Waals surface area contributed by atoms with Gasteiger partial charge in [0.05, 0.1) is 19.1 Å². The van der Waals surface area contributed by atoms with E-state index < -0.39 is 6.10 Å². The van der Waals surface area contributed by atoms with Gasteiger partial charge in [0.15, 0.2) is 0 Å². The maximum Gasteiger partial charge on any atom is 0.308 e. The Labute approximate surface area is 108 Å². The molecule has 0 spiro atoms. The van der Waals surface area contributed by atoms with Gasteiger partial charge in [-0.05, 0) is 19.5 Å². The predicted octanol–water partition coefficient (Wildman–Crippen LogP) is 1.43. The molecule has 1 N–H and O–H groups in total. The molecular weight excluding hydrogens is 230 g/mol. The molecular formula is C14H21NO3. The number of esters is 1. The van der Waals surface area contributed by atoms with Gasteiger partial charge >= 0.3 is 5.97 Å². The lowest BCUT2D eigenvalue weighted by molar-refractivity contribution is -0.145. The normalized spacial score (nSPS) is 12.4. The SMILES string of the molecule is CCOC(=O)CC(O)CN(C)Cc1ccccc1. The molecule has 0 heterocycles. The van der Waals surface area contributed by atoms with Gasteiger partial charge in [0, 0.05) is 13.1 Å². The van der Waals surface area contributed by atoms with E-state index in [0.29, 0.717) is 13.2 Å². The summed E-state index contributed by atoms with van der Waals surface area (Å²) in [6.07, 6.45) is -0.634. The van der Waals surface area contributed by atoms with Crippen molar-refractivity contribution < 1.29 is 14.6 Å². The van der Waals surface area contributed by atoms with Crippen LogP contribution in [0.5, 0.6) is 0 Å². The first-order valence-corrected chi connectivity index (χ1v) is 6.18. The standard InChI is InChI=1S/C14H21NO3/c1-3-18-14(17)9-13(16)11-15(2)10-12-7-5-4-6-8-12/h4-8,13,16H,3,9-11H2,1-2H3. The van der Waals surface area contributed by atoms with Crippen LogP contribution in [0.3, 0.4) is 0 Å². The molecule has 0 aliphatic carbocycles. The second kappa shape index (κ2) is 7.84. The molecule has 0 saturated heterocycles. The summed E-state index contributed by atoms with van der Waals surface area (Å²) in [4.78, 5) is 13.2. The molecule has 4 nitrogen and oxygen atoms in total. The number of hydrogen-bond donors (Lipinski definition) is 1. The topological polar surface area (TPSA) is 49.8 Å². The number of benzene rings is 1. The Kier molecular flexibility index (Phi) is 6.39. The van der Waals surface area contributed by atoms with Gasteiger partial charge in [-0.15, -0.1) is 0 Å². The van der Waals surface area contributed by atoms with Gasteiger partial charge in [-0.3, -0.25) is 9.69 Å². The average molecular weight is 251 g/mol. The number of ether oxygens (including phenoxy) is 1. The van der Waals surface area contributed by atoms with Crippen molar-refractivity contribution >= 4 is 5.97 Å². The van der Waals surface area contributed by atoms with Crippen LogP contribution in [-0.4, -0.2) is 42.3 Å². The van der Waals surface area contributed by atoms with Crippen molar-refractivity contribution in [2.45, 2.75) is 26.0 Å². The summed E-state index contributed by atoms with van der Waals surface area (Å²) in [6, 6.07) is 10.0. The van der Waals surface area contributed by atoms with Crippen LogP contribution in [0.2, 0.25) is 0 Å². The van der Waals surface area contributed by atoms with Crippen molar-refractivity contribution in [3.63, 3.8) is 0 Å². The lowest BCUT2D eigenvalue weighted by Gasteiger charge is -2.20. The molecule has 0 aromatic heterocycles. The van der Waals surface area contributed by atoms with Crippen molar-refractivity contribution in [2.24, 2.45) is 0 Å². The second-order valence-corrected chi connectivity index (χ2v) is 4.35. The molecule has 0 aliphatic heterocycles. The second-order valence-electron chi connectivity index (χ2n) is 4.35. The molecule has 1 aromatic rings. The van der Waals surface area contributed by atoms with E-state index in [1.165, 1.54) is 5.56 Å². The van der Waals surface area contributed by atoms with Crippen LogP contribution in [0.15, 0.2) is 30.3 Å². The zero-order chi connectivity index (χ0) is 13.4. The fraction of sp³-hybridized carbons (Fsp3) is 0.500. The highest BCUT2D eigenvalue weighted by Gasteiger charge is 2.13. The molecule has 1 atom stereocenters. The molecule has 0 bridgehead atoms. The number of aliphatic hydroxyl groups excluding tert-OH is 1. The summed E-state index contributed by atoms with van der Waals surface area (Å²) in [5.74, 6) is -0.349. The minimum absolute atomic E-state index is 0.0486. The van der Waals surface area contributed by atoms with Gasteiger partial charge in [-0.2, -0.15) is 0 Å². The maximum absolute atomic E-state index is 11.2. The highest BCUT2D eigenvalue weighted by molar-refractivity contribution is 5.69. The van der Waals surface area contributed by atoms with E-state index in [4.69, 9.17) is 4.74 Å². The Balaban J connectivity index is 2.31. The first-order valence-electron chi connectivity index (χ1n) is 6.18. The van der Waals surface area contributed by atoms with Crippen LogP contribution in [0.25, 0.3) is 0 Å². The van der Waals surface area contributed by atoms with E-state index >= 15 is 0 Å². The Bertz CT molecular complexity index is 353. The summed E-state index contributed by atoms with van der Waals surface area (Å²) in [5, 5.41) is 9.75. The number of nitrogens with zero attached hydrogens (tertiary/aromatic N) is 1. The van der Waals surface area contributed by atoms with E-state index in [0.717, 1.165) is 6.54 Å². The molecule has 0 fully saturated rings. The molecule has 0 saturated carbocycles. The molecule has 0 aliphatic rings. The zero-order valence-electron chi connectivity index (χ0n) is 11.0. The maximum atomic E-state index is 11.2. The summed E-state index contributed by atoms with van der Waals surface area (Å²) in [7, 11) is 1.92. The number of carbonyl (C=O) groups is 1. The molecule has 100 valence electrons. The highest BCUT2D eigenvalue weighted by atomic mass is 16.5. The van der Waals surface area contributed by atoms with Crippen molar-refractivity contribution in [1.82, 2.24) is 4.90 Å². The van der Waals surface area contributed by atoms with Crippen molar-refractivity contribution in [1.29, 1.82) is 0 Å². The minimum atomic E-state index is -0.683. The third kappa shape index (κ3) is 5.80. The zero-order valence-corrected chi connectivity index (χ0v) is 11.0. The van der Waals surface area contributed by atoms with E-state index in [-0.39, 0.29) is 12.4 Å². The van der Waals surface area contributed by atoms with Crippen LogP contribution < -0.4 is 0 Å². The molecule has 1 unspecified atom stereocenters. The van der Waals surface area contributed by atoms with Gasteiger partial charge in [-0.1, -0.05) is 30.3 Å². The summed E-state index contributed by atoms with van der Waals surface area (Å²) in [6.45, 7) is 3.31. The first-order chi connectivity index (χ1) is 8.61. The van der Waals surface area contributed by atoms with E-state index in [1.807, 2.05) is 42.3 Å². The van der Waals surface area contributed by atoms with Gasteiger partial charge in [-0.25, -0.2) is 0 Å². The lowest BCUT2D eigenvalue weighted by atomic mass is 10.2. The Morgan fingerprint density at radius 1 is 1.39 bits per heavy atom. The molecule has 0 radical (unpaired) electrons. The third-order valence-corrected chi connectivity index (χ3v) is 2.53. The number of hydrogen-bond acceptors (Lipinski definition) is 4.